The van der Waals surface area contributed by atoms with Gasteiger partial charge in [0.25, 0.3) is 15.9 Å². The summed E-state index contributed by atoms with van der Waals surface area (Å²) in [5.74, 6) is 0.0513. The fourth-order valence-corrected chi connectivity index (χ4v) is 4.18. The molecular formula is C21H17FN2O4S. The molecule has 0 fully saturated rings. The molecule has 0 spiro atoms. The highest BCUT2D eigenvalue weighted by atomic mass is 32.2. The van der Waals surface area contributed by atoms with Crippen molar-refractivity contribution >= 4 is 27.3 Å². The average Bonchev–Trinajstić information content (AvgIpc) is 2.82. The molecule has 0 aliphatic carbocycles. The maximum Gasteiger partial charge on any atom is 0.262 e. The van der Waals surface area contributed by atoms with Gasteiger partial charge in [-0.25, -0.2) is 12.8 Å². The Labute approximate surface area is 167 Å². The third-order valence-electron chi connectivity index (χ3n) is 4.52. The Balaban J connectivity index is 1.71. The largest absolute Gasteiger partial charge is 0.454 e. The molecule has 1 amide bonds. The van der Waals surface area contributed by atoms with E-state index < -0.39 is 15.8 Å². The van der Waals surface area contributed by atoms with Crippen molar-refractivity contribution in [1.82, 2.24) is 0 Å². The number of nitrogens with one attached hydrogen (secondary N) is 1. The van der Waals surface area contributed by atoms with Gasteiger partial charge in [-0.2, -0.15) is 0 Å². The predicted molar refractivity (Wildman–Crippen MR) is 108 cm³/mol. The Kier molecular flexibility index (Phi) is 4.71. The Morgan fingerprint density at radius 3 is 2.45 bits per heavy atom. The van der Waals surface area contributed by atoms with E-state index in [1.807, 2.05) is 19.1 Å². The molecule has 1 aliphatic heterocycles. The van der Waals surface area contributed by atoms with E-state index in [4.69, 9.17) is 4.74 Å². The first-order valence-corrected chi connectivity index (χ1v) is 10.4. The van der Waals surface area contributed by atoms with E-state index in [9.17, 15) is 17.6 Å². The standard InChI is InChI=1S/C21H17FN2O4S/c1-2-24-18-5-3-4-6-20(18)28-19-12-9-15(13-17(19)21(24)25)23-29(26,27)16-10-7-14(22)8-11-16/h3-13,23H,2H2,1H3. The second-order valence-electron chi connectivity index (χ2n) is 6.39. The van der Waals surface area contributed by atoms with E-state index in [1.54, 1.807) is 23.1 Å². The molecule has 0 aromatic heterocycles. The first-order chi connectivity index (χ1) is 13.9. The van der Waals surface area contributed by atoms with E-state index in [0.717, 1.165) is 12.1 Å². The molecule has 29 heavy (non-hydrogen) atoms. The average molecular weight is 412 g/mol. The summed E-state index contributed by atoms with van der Waals surface area (Å²) in [6, 6.07) is 16.2. The molecule has 0 saturated carbocycles. The molecule has 1 N–H and O–H groups in total. The molecule has 0 radical (unpaired) electrons. The van der Waals surface area contributed by atoms with Crippen molar-refractivity contribution in [2.45, 2.75) is 11.8 Å². The summed E-state index contributed by atoms with van der Waals surface area (Å²) < 4.78 is 46.6. The van der Waals surface area contributed by atoms with Crippen molar-refractivity contribution in [3.63, 3.8) is 0 Å². The topological polar surface area (TPSA) is 75.7 Å². The molecule has 0 atom stereocenters. The Morgan fingerprint density at radius 1 is 1.00 bits per heavy atom. The first-order valence-electron chi connectivity index (χ1n) is 8.90. The van der Waals surface area contributed by atoms with E-state index in [0.29, 0.717) is 23.7 Å². The van der Waals surface area contributed by atoms with Crippen LogP contribution in [-0.2, 0) is 10.0 Å². The fourth-order valence-electron chi connectivity index (χ4n) is 3.13. The summed E-state index contributed by atoms with van der Waals surface area (Å²) in [6.45, 7) is 2.27. The van der Waals surface area contributed by atoms with Crippen molar-refractivity contribution in [3.05, 3.63) is 78.1 Å². The van der Waals surface area contributed by atoms with Gasteiger partial charge in [0.1, 0.15) is 11.6 Å². The number of fused-ring (bicyclic) bond motifs is 2. The summed E-state index contributed by atoms with van der Waals surface area (Å²) in [5.41, 5.74) is 1.08. The Hall–Kier alpha value is -3.39. The monoisotopic (exact) mass is 412 g/mol. The third kappa shape index (κ3) is 3.54. The van der Waals surface area contributed by atoms with Crippen LogP contribution < -0.4 is 14.4 Å². The van der Waals surface area contributed by atoms with Gasteiger partial charge in [0, 0.05) is 12.2 Å². The molecule has 148 valence electrons. The molecule has 4 rings (SSSR count). The van der Waals surface area contributed by atoms with Gasteiger partial charge in [0.05, 0.1) is 16.1 Å². The summed E-state index contributed by atoms with van der Waals surface area (Å²) in [4.78, 5) is 14.6. The van der Waals surface area contributed by atoms with Crippen LogP contribution in [0.25, 0.3) is 0 Å². The molecule has 3 aromatic rings. The van der Waals surface area contributed by atoms with E-state index in [-0.39, 0.29) is 22.1 Å². The lowest BCUT2D eigenvalue weighted by atomic mass is 10.1. The van der Waals surface area contributed by atoms with Crippen molar-refractivity contribution in [2.75, 3.05) is 16.2 Å². The lowest BCUT2D eigenvalue weighted by Gasteiger charge is -2.19. The number of ether oxygens (including phenoxy) is 1. The van der Waals surface area contributed by atoms with Crippen molar-refractivity contribution in [2.24, 2.45) is 0 Å². The van der Waals surface area contributed by atoms with Crippen molar-refractivity contribution < 1.29 is 22.3 Å². The molecule has 6 nitrogen and oxygen atoms in total. The van der Waals surface area contributed by atoms with Crippen molar-refractivity contribution in [1.29, 1.82) is 0 Å². The number of amides is 1. The molecule has 1 aliphatic rings. The SMILES string of the molecule is CCN1C(=O)c2cc(NS(=O)(=O)c3ccc(F)cc3)ccc2Oc2ccccc21. The lowest BCUT2D eigenvalue weighted by molar-refractivity contribution is 0.0988. The number of rotatable bonds is 4. The number of anilines is 2. The minimum Gasteiger partial charge on any atom is -0.454 e. The van der Waals surface area contributed by atoms with Crippen LogP contribution >= 0.6 is 0 Å². The smallest absolute Gasteiger partial charge is 0.262 e. The van der Waals surface area contributed by atoms with E-state index in [2.05, 4.69) is 4.72 Å². The number of sulfonamides is 1. The number of hydrogen-bond donors (Lipinski definition) is 1. The van der Waals surface area contributed by atoms with Crippen LogP contribution in [0, 0.1) is 5.82 Å². The zero-order valence-electron chi connectivity index (χ0n) is 15.4. The molecule has 3 aromatic carbocycles. The predicted octanol–water partition coefficient (Wildman–Crippen LogP) is 4.40. The van der Waals surface area contributed by atoms with Crippen LogP contribution in [0.1, 0.15) is 17.3 Å². The van der Waals surface area contributed by atoms with Gasteiger partial charge < -0.3 is 9.64 Å². The van der Waals surface area contributed by atoms with Crippen LogP contribution in [0.3, 0.4) is 0 Å². The summed E-state index contributed by atoms with van der Waals surface area (Å²) >= 11 is 0. The second kappa shape index (κ2) is 7.21. The Morgan fingerprint density at radius 2 is 1.72 bits per heavy atom. The number of halogens is 1. The molecule has 1 heterocycles. The number of carbonyl (C=O) groups is 1. The quantitative estimate of drug-likeness (QED) is 0.689. The maximum atomic E-state index is 13.1. The van der Waals surface area contributed by atoms with Gasteiger partial charge in [-0.15, -0.1) is 0 Å². The van der Waals surface area contributed by atoms with Gasteiger partial charge in [0.2, 0.25) is 0 Å². The first kappa shape index (κ1) is 18.9. The number of para-hydroxylation sites is 2. The second-order valence-corrected chi connectivity index (χ2v) is 8.07. The summed E-state index contributed by atoms with van der Waals surface area (Å²) in [7, 11) is -3.94. The summed E-state index contributed by atoms with van der Waals surface area (Å²) in [5, 5.41) is 0. The number of hydrogen-bond acceptors (Lipinski definition) is 4. The van der Waals surface area contributed by atoms with E-state index >= 15 is 0 Å². The highest BCUT2D eigenvalue weighted by Gasteiger charge is 2.27. The van der Waals surface area contributed by atoms with Gasteiger partial charge in [0.15, 0.2) is 5.75 Å². The summed E-state index contributed by atoms with van der Waals surface area (Å²) in [6.07, 6.45) is 0. The number of carbonyl (C=O) groups excluding carboxylic acids is 1. The Bertz CT molecular complexity index is 1190. The zero-order chi connectivity index (χ0) is 20.6. The third-order valence-corrected chi connectivity index (χ3v) is 5.92. The van der Waals surface area contributed by atoms with Gasteiger partial charge in [-0.3, -0.25) is 9.52 Å². The van der Waals surface area contributed by atoms with Gasteiger partial charge >= 0.3 is 0 Å². The van der Waals surface area contributed by atoms with Crippen LogP contribution in [0.2, 0.25) is 0 Å². The minimum absolute atomic E-state index is 0.0843. The van der Waals surface area contributed by atoms with Crippen LogP contribution in [0.5, 0.6) is 11.5 Å². The van der Waals surface area contributed by atoms with Gasteiger partial charge in [-0.1, -0.05) is 12.1 Å². The maximum absolute atomic E-state index is 13.1. The fraction of sp³-hybridized carbons (Fsp3) is 0.0952. The minimum atomic E-state index is -3.94. The van der Waals surface area contributed by atoms with Crippen LogP contribution in [-0.4, -0.2) is 20.9 Å². The molecular weight excluding hydrogens is 395 g/mol. The van der Waals surface area contributed by atoms with Gasteiger partial charge in [-0.05, 0) is 61.5 Å². The highest BCUT2D eigenvalue weighted by Crippen LogP contribution is 2.39. The van der Waals surface area contributed by atoms with Crippen molar-refractivity contribution in [3.8, 4) is 11.5 Å². The normalized spacial score (nSPS) is 13.2. The molecule has 0 bridgehead atoms. The molecule has 0 saturated heterocycles. The van der Waals surface area contributed by atoms with Crippen LogP contribution in [0.15, 0.2) is 71.6 Å². The zero-order valence-corrected chi connectivity index (χ0v) is 16.2. The number of benzene rings is 3. The lowest BCUT2D eigenvalue weighted by Crippen LogP contribution is -2.29. The highest BCUT2D eigenvalue weighted by molar-refractivity contribution is 7.92. The molecule has 0 unspecified atom stereocenters. The van der Waals surface area contributed by atoms with Crippen LogP contribution in [0.4, 0.5) is 15.8 Å². The molecule has 8 heteroatoms. The van der Waals surface area contributed by atoms with E-state index in [1.165, 1.54) is 24.3 Å². The number of nitrogens with zero attached hydrogens (tertiary/aromatic N) is 1.